The Bertz CT molecular complexity index is 1120. The molecule has 0 saturated carbocycles. The number of H-pyrrole nitrogens is 1. The summed E-state index contributed by atoms with van der Waals surface area (Å²) < 4.78 is 10.9. The molecule has 2 saturated heterocycles. The first kappa shape index (κ1) is 25.8. The second-order valence-electron chi connectivity index (χ2n) is 10.4. The van der Waals surface area contributed by atoms with E-state index in [9.17, 15) is 14.7 Å². The predicted molar refractivity (Wildman–Crippen MR) is 140 cm³/mol. The first-order chi connectivity index (χ1) is 18.0. The van der Waals surface area contributed by atoms with Gasteiger partial charge in [0, 0.05) is 67.3 Å². The summed E-state index contributed by atoms with van der Waals surface area (Å²) in [6, 6.07) is 5.54. The molecule has 10 nitrogen and oxygen atoms in total. The van der Waals surface area contributed by atoms with E-state index in [1.807, 2.05) is 28.9 Å². The third kappa shape index (κ3) is 4.89. The smallest absolute Gasteiger partial charge is 0.317 e. The van der Waals surface area contributed by atoms with E-state index in [4.69, 9.17) is 9.47 Å². The van der Waals surface area contributed by atoms with Crippen molar-refractivity contribution in [1.82, 2.24) is 25.0 Å². The largest absolute Gasteiger partial charge is 0.497 e. The number of aromatic nitrogens is 1. The van der Waals surface area contributed by atoms with Gasteiger partial charge < -0.3 is 34.7 Å². The van der Waals surface area contributed by atoms with Crippen molar-refractivity contribution in [3.8, 4) is 5.75 Å². The number of hydrogen-bond acceptors (Lipinski definition) is 6. The fraction of sp³-hybridized carbons (Fsp3) is 0.630. The number of likely N-dealkylation sites (tertiary alicyclic amines) is 1. The number of carbonyl (C=O) groups is 2. The second-order valence-corrected chi connectivity index (χ2v) is 10.4. The lowest BCUT2D eigenvalue weighted by Crippen LogP contribution is -2.58. The van der Waals surface area contributed by atoms with Crippen LogP contribution in [0, 0.1) is 0 Å². The number of aromatic amines is 1. The monoisotopic (exact) mass is 513 g/mol. The van der Waals surface area contributed by atoms with E-state index in [0.717, 1.165) is 54.7 Å². The summed E-state index contributed by atoms with van der Waals surface area (Å²) in [5, 5.41) is 14.6. The molecule has 37 heavy (non-hydrogen) atoms. The van der Waals surface area contributed by atoms with Crippen LogP contribution >= 0.6 is 0 Å². The SMILES string of the molecule is CCCNC(=O)N1CCC2(CC1)CN(C(=O)CN1CCOCC1)[C@@H](CO)c1[nH]c3cc(OC)ccc3c12. The van der Waals surface area contributed by atoms with E-state index in [0.29, 0.717) is 45.9 Å². The van der Waals surface area contributed by atoms with Gasteiger partial charge in [-0.15, -0.1) is 0 Å². The number of aliphatic hydroxyl groups is 1. The Morgan fingerprint density at radius 1 is 1.22 bits per heavy atom. The van der Waals surface area contributed by atoms with Crippen molar-refractivity contribution in [2.75, 3.05) is 72.7 Å². The zero-order chi connectivity index (χ0) is 26.0. The summed E-state index contributed by atoms with van der Waals surface area (Å²) in [5.74, 6) is 0.772. The molecule has 1 aromatic heterocycles. The third-order valence-electron chi connectivity index (χ3n) is 8.24. The van der Waals surface area contributed by atoms with Gasteiger partial charge in [-0.05, 0) is 37.0 Å². The van der Waals surface area contributed by atoms with Crippen LogP contribution in [0.1, 0.15) is 43.5 Å². The fourth-order valence-electron chi connectivity index (χ4n) is 6.20. The van der Waals surface area contributed by atoms with Crippen molar-refractivity contribution < 1.29 is 24.2 Å². The Balaban J connectivity index is 1.50. The lowest BCUT2D eigenvalue weighted by Gasteiger charge is -2.50. The van der Waals surface area contributed by atoms with Gasteiger partial charge in [0.2, 0.25) is 5.91 Å². The first-order valence-corrected chi connectivity index (χ1v) is 13.4. The van der Waals surface area contributed by atoms with Gasteiger partial charge in [-0.1, -0.05) is 6.92 Å². The van der Waals surface area contributed by atoms with Gasteiger partial charge in [-0.2, -0.15) is 0 Å². The fourth-order valence-corrected chi connectivity index (χ4v) is 6.20. The number of nitrogens with zero attached hydrogens (tertiary/aromatic N) is 3. The molecule has 3 aliphatic heterocycles. The van der Waals surface area contributed by atoms with E-state index < -0.39 is 6.04 Å². The minimum atomic E-state index is -0.446. The summed E-state index contributed by atoms with van der Waals surface area (Å²) in [4.78, 5) is 35.8. The van der Waals surface area contributed by atoms with Gasteiger partial charge in [0.05, 0.1) is 39.5 Å². The Kier molecular flexibility index (Phi) is 7.60. The molecule has 0 bridgehead atoms. The molecule has 5 rings (SSSR count). The number of methoxy groups -OCH3 is 1. The molecule has 202 valence electrons. The van der Waals surface area contributed by atoms with Crippen molar-refractivity contribution >= 4 is 22.8 Å². The maximum Gasteiger partial charge on any atom is 0.317 e. The predicted octanol–water partition coefficient (Wildman–Crippen LogP) is 1.84. The van der Waals surface area contributed by atoms with Crippen LogP contribution in [0.4, 0.5) is 4.79 Å². The van der Waals surface area contributed by atoms with E-state index in [-0.39, 0.29) is 24.0 Å². The van der Waals surface area contributed by atoms with E-state index >= 15 is 0 Å². The maximum absolute atomic E-state index is 13.7. The van der Waals surface area contributed by atoms with Crippen LogP contribution in [0.15, 0.2) is 18.2 Å². The van der Waals surface area contributed by atoms with Crippen molar-refractivity contribution in [2.45, 2.75) is 37.6 Å². The molecular formula is C27H39N5O5. The van der Waals surface area contributed by atoms with Gasteiger partial charge >= 0.3 is 6.03 Å². The number of amides is 3. The first-order valence-electron chi connectivity index (χ1n) is 13.4. The number of nitrogens with one attached hydrogen (secondary N) is 2. The normalized spacial score (nSPS) is 21.8. The highest BCUT2D eigenvalue weighted by molar-refractivity contribution is 5.89. The van der Waals surface area contributed by atoms with Gasteiger partial charge in [-0.3, -0.25) is 9.69 Å². The standard InChI is InChI=1S/C27H39N5O5/c1-3-8-28-26(35)31-9-6-27(7-10-31)18-32(23(34)16-30-11-13-37-14-12-30)22(17-33)25-24(27)20-5-4-19(36-2)15-21(20)29-25/h4-5,15,22,29,33H,3,6-14,16-18H2,1-2H3,(H,28,35)/t22-/m0/s1. The zero-order valence-electron chi connectivity index (χ0n) is 21.9. The highest BCUT2D eigenvalue weighted by Crippen LogP contribution is 2.49. The number of carbonyl (C=O) groups excluding carboxylic acids is 2. The zero-order valence-corrected chi connectivity index (χ0v) is 21.9. The highest BCUT2D eigenvalue weighted by Gasteiger charge is 2.49. The number of fused-ring (bicyclic) bond motifs is 4. The van der Waals surface area contributed by atoms with Gasteiger partial charge in [0.15, 0.2) is 0 Å². The molecule has 2 fully saturated rings. The number of ether oxygens (including phenoxy) is 2. The molecule has 1 aromatic carbocycles. The van der Waals surface area contributed by atoms with E-state index in [1.165, 1.54) is 5.56 Å². The van der Waals surface area contributed by atoms with Crippen molar-refractivity contribution in [3.63, 3.8) is 0 Å². The summed E-state index contributed by atoms with van der Waals surface area (Å²) in [7, 11) is 1.65. The Labute approximate surface area is 217 Å². The quantitative estimate of drug-likeness (QED) is 0.544. The number of urea groups is 1. The number of rotatable bonds is 6. The number of benzene rings is 1. The number of piperidine rings is 1. The highest BCUT2D eigenvalue weighted by atomic mass is 16.5. The molecule has 3 N–H and O–H groups in total. The van der Waals surface area contributed by atoms with E-state index in [2.05, 4.69) is 21.3 Å². The van der Waals surface area contributed by atoms with Gasteiger partial charge in [0.25, 0.3) is 0 Å². The molecule has 10 heteroatoms. The second kappa shape index (κ2) is 10.9. The maximum atomic E-state index is 13.7. The van der Waals surface area contributed by atoms with Crippen molar-refractivity contribution in [1.29, 1.82) is 0 Å². The molecule has 0 aliphatic carbocycles. The Morgan fingerprint density at radius 2 is 1.97 bits per heavy atom. The number of hydrogen-bond donors (Lipinski definition) is 3. The average Bonchev–Trinajstić information content (AvgIpc) is 3.32. The summed E-state index contributed by atoms with van der Waals surface area (Å²) in [6.07, 6.45) is 2.39. The van der Waals surface area contributed by atoms with Crippen LogP contribution < -0.4 is 10.1 Å². The molecule has 0 unspecified atom stereocenters. The van der Waals surface area contributed by atoms with Crippen LogP contribution in [-0.2, 0) is 14.9 Å². The Hall–Kier alpha value is -2.82. The van der Waals surface area contributed by atoms with Crippen molar-refractivity contribution in [2.24, 2.45) is 0 Å². The molecule has 1 spiro atoms. The lowest BCUT2D eigenvalue weighted by molar-refractivity contribution is -0.139. The Morgan fingerprint density at radius 3 is 2.65 bits per heavy atom. The summed E-state index contributed by atoms with van der Waals surface area (Å²) >= 11 is 0. The summed E-state index contributed by atoms with van der Waals surface area (Å²) in [5.41, 5.74) is 2.70. The van der Waals surface area contributed by atoms with Gasteiger partial charge in [-0.25, -0.2) is 4.79 Å². The minimum Gasteiger partial charge on any atom is -0.497 e. The van der Waals surface area contributed by atoms with Crippen LogP contribution in [0.3, 0.4) is 0 Å². The molecule has 1 atom stereocenters. The molecular weight excluding hydrogens is 474 g/mol. The minimum absolute atomic E-state index is 0.0188. The number of morpholine rings is 1. The van der Waals surface area contributed by atoms with Crippen LogP contribution in [0.5, 0.6) is 5.75 Å². The lowest BCUT2D eigenvalue weighted by atomic mass is 9.68. The molecule has 3 amide bonds. The van der Waals surface area contributed by atoms with Gasteiger partial charge in [0.1, 0.15) is 5.75 Å². The molecule has 0 radical (unpaired) electrons. The van der Waals surface area contributed by atoms with Crippen LogP contribution in [-0.4, -0.2) is 109 Å². The molecule has 3 aliphatic rings. The summed E-state index contributed by atoms with van der Waals surface area (Å²) in [6.45, 7) is 7.34. The number of aliphatic hydroxyl groups excluding tert-OH is 1. The van der Waals surface area contributed by atoms with E-state index in [1.54, 1.807) is 7.11 Å². The van der Waals surface area contributed by atoms with Crippen LogP contribution in [0.2, 0.25) is 0 Å². The van der Waals surface area contributed by atoms with Crippen LogP contribution in [0.25, 0.3) is 10.9 Å². The third-order valence-corrected chi connectivity index (χ3v) is 8.24. The topological polar surface area (TPSA) is 110 Å². The van der Waals surface area contributed by atoms with Crippen molar-refractivity contribution in [3.05, 3.63) is 29.5 Å². The molecule has 2 aromatic rings. The average molecular weight is 514 g/mol. The molecule has 4 heterocycles.